The van der Waals surface area contributed by atoms with E-state index in [1.165, 1.54) is 14.2 Å². The van der Waals surface area contributed by atoms with Crippen LogP contribution < -0.4 is 20.7 Å². The summed E-state index contributed by atoms with van der Waals surface area (Å²) in [4.78, 5) is 54.0. The molecule has 0 fully saturated rings. The number of carbonyl (C=O) groups is 2. The molecule has 0 aliphatic carbocycles. The second kappa shape index (κ2) is 8.22. The fourth-order valence-electron chi connectivity index (χ4n) is 3.96. The molecule has 10 heteroatoms. The van der Waals surface area contributed by atoms with E-state index in [0.29, 0.717) is 22.6 Å². The number of carboxylic acid groups (broad SMARTS) is 1. The molecule has 166 valence electrons. The van der Waals surface area contributed by atoms with E-state index in [9.17, 15) is 24.3 Å². The van der Waals surface area contributed by atoms with Gasteiger partial charge in [-0.2, -0.15) is 0 Å². The van der Waals surface area contributed by atoms with Crippen molar-refractivity contribution in [1.82, 2.24) is 14.5 Å². The summed E-state index contributed by atoms with van der Waals surface area (Å²) in [6.45, 7) is -0.586. The predicted octanol–water partition coefficient (Wildman–Crippen LogP) is 0.745. The van der Waals surface area contributed by atoms with Crippen LogP contribution in [-0.2, 0) is 29.1 Å². The zero-order valence-electron chi connectivity index (χ0n) is 17.5. The van der Waals surface area contributed by atoms with Crippen molar-refractivity contribution in [3.8, 4) is 11.5 Å². The monoisotopic (exact) mass is 439 g/mol. The zero-order valence-corrected chi connectivity index (χ0v) is 17.5. The molecule has 1 aliphatic rings. The molecule has 1 aromatic heterocycles. The average Bonchev–Trinajstić information content (AvgIpc) is 2.79. The minimum Gasteiger partial charge on any atom is -0.493 e. The van der Waals surface area contributed by atoms with Crippen LogP contribution >= 0.6 is 0 Å². The Bertz CT molecular complexity index is 1340. The molecule has 2 aromatic carbocycles. The number of hydrogen-bond acceptors (Lipinski definition) is 6. The Hall–Kier alpha value is -4.08. The highest BCUT2D eigenvalue weighted by molar-refractivity contribution is 5.85. The van der Waals surface area contributed by atoms with E-state index >= 15 is 0 Å². The number of fused-ring (bicyclic) bond motifs is 2. The van der Waals surface area contributed by atoms with Gasteiger partial charge in [0.15, 0.2) is 11.5 Å². The van der Waals surface area contributed by atoms with Crippen LogP contribution in [0.1, 0.15) is 11.1 Å². The molecular weight excluding hydrogens is 418 g/mol. The van der Waals surface area contributed by atoms with Crippen molar-refractivity contribution in [2.24, 2.45) is 0 Å². The van der Waals surface area contributed by atoms with Gasteiger partial charge in [0, 0.05) is 13.0 Å². The van der Waals surface area contributed by atoms with Crippen LogP contribution in [0.3, 0.4) is 0 Å². The van der Waals surface area contributed by atoms with Crippen LogP contribution in [0.2, 0.25) is 0 Å². The van der Waals surface area contributed by atoms with Gasteiger partial charge < -0.3 is 24.5 Å². The van der Waals surface area contributed by atoms with Gasteiger partial charge in [-0.15, -0.1) is 0 Å². The second-order valence-electron chi connectivity index (χ2n) is 7.42. The maximum atomic E-state index is 13.1. The van der Waals surface area contributed by atoms with Crippen molar-refractivity contribution in [2.45, 2.75) is 25.6 Å². The SMILES string of the molecule is COc1cc2c(cc1OC)CN(C(=O)Cn1c(=O)[nH]c3ccccc3c1=O)[C@@H](C(=O)O)C2. The van der Waals surface area contributed by atoms with Crippen LogP contribution in [0.5, 0.6) is 11.5 Å². The van der Waals surface area contributed by atoms with Gasteiger partial charge in [-0.25, -0.2) is 9.59 Å². The quantitative estimate of drug-likeness (QED) is 0.600. The van der Waals surface area contributed by atoms with E-state index in [1.54, 1.807) is 36.4 Å². The Morgan fingerprint density at radius 2 is 1.75 bits per heavy atom. The minimum atomic E-state index is -1.18. The van der Waals surface area contributed by atoms with Crippen molar-refractivity contribution >= 4 is 22.8 Å². The first kappa shape index (κ1) is 21.2. The highest BCUT2D eigenvalue weighted by Crippen LogP contribution is 2.34. The number of carboxylic acids is 1. The lowest BCUT2D eigenvalue weighted by Crippen LogP contribution is -2.51. The maximum absolute atomic E-state index is 13.1. The summed E-state index contributed by atoms with van der Waals surface area (Å²) in [5.41, 5.74) is 0.432. The molecule has 4 rings (SSSR count). The fraction of sp³-hybridized carbons (Fsp3) is 0.273. The maximum Gasteiger partial charge on any atom is 0.329 e. The number of aliphatic carboxylic acids is 1. The van der Waals surface area contributed by atoms with Crippen LogP contribution in [0.4, 0.5) is 0 Å². The Kier molecular flexibility index (Phi) is 5.43. The van der Waals surface area contributed by atoms with Crippen molar-refractivity contribution < 1.29 is 24.2 Å². The third-order valence-corrected chi connectivity index (χ3v) is 5.62. The molecule has 3 aromatic rings. The minimum absolute atomic E-state index is 0.00821. The second-order valence-corrected chi connectivity index (χ2v) is 7.42. The summed E-state index contributed by atoms with van der Waals surface area (Å²) >= 11 is 0. The number of para-hydroxylation sites is 1. The van der Waals surface area contributed by atoms with Gasteiger partial charge in [0.2, 0.25) is 5.91 Å². The van der Waals surface area contributed by atoms with E-state index in [1.807, 2.05) is 0 Å². The topological polar surface area (TPSA) is 131 Å². The average molecular weight is 439 g/mol. The number of hydrogen-bond donors (Lipinski definition) is 2. The smallest absolute Gasteiger partial charge is 0.329 e. The summed E-state index contributed by atoms with van der Waals surface area (Å²) < 4.78 is 11.4. The number of H-pyrrole nitrogens is 1. The van der Waals surface area contributed by atoms with Crippen molar-refractivity contribution in [3.05, 3.63) is 68.4 Å². The predicted molar refractivity (Wildman–Crippen MR) is 114 cm³/mol. The third-order valence-electron chi connectivity index (χ3n) is 5.62. The number of methoxy groups -OCH3 is 2. The van der Waals surface area contributed by atoms with Gasteiger partial charge >= 0.3 is 11.7 Å². The molecule has 0 unspecified atom stereocenters. The van der Waals surface area contributed by atoms with Crippen LogP contribution in [0, 0.1) is 0 Å². The van der Waals surface area contributed by atoms with Crippen LogP contribution in [-0.4, -0.2) is 51.7 Å². The molecule has 0 spiro atoms. The van der Waals surface area contributed by atoms with Gasteiger partial charge in [-0.1, -0.05) is 12.1 Å². The van der Waals surface area contributed by atoms with Crippen LogP contribution in [0.15, 0.2) is 46.0 Å². The number of nitrogens with one attached hydrogen (secondary N) is 1. The Morgan fingerprint density at radius 1 is 1.09 bits per heavy atom. The lowest BCUT2D eigenvalue weighted by molar-refractivity contribution is -0.151. The van der Waals surface area contributed by atoms with Crippen molar-refractivity contribution in [1.29, 1.82) is 0 Å². The fourth-order valence-corrected chi connectivity index (χ4v) is 3.96. The van der Waals surface area contributed by atoms with Gasteiger partial charge in [0.25, 0.3) is 5.56 Å². The summed E-state index contributed by atoms with van der Waals surface area (Å²) in [5, 5.41) is 10.0. The van der Waals surface area contributed by atoms with Crippen LogP contribution in [0.25, 0.3) is 10.9 Å². The molecule has 1 aliphatic heterocycles. The van der Waals surface area contributed by atoms with Crippen molar-refractivity contribution in [3.63, 3.8) is 0 Å². The number of amides is 1. The number of carbonyl (C=O) groups excluding carboxylic acids is 1. The molecule has 0 bridgehead atoms. The van der Waals surface area contributed by atoms with Gasteiger partial charge in [0.1, 0.15) is 12.6 Å². The number of rotatable bonds is 5. The molecule has 1 amide bonds. The summed E-state index contributed by atoms with van der Waals surface area (Å²) in [5.74, 6) is -0.918. The first-order valence-corrected chi connectivity index (χ1v) is 9.82. The highest BCUT2D eigenvalue weighted by atomic mass is 16.5. The van der Waals surface area contributed by atoms with Gasteiger partial charge in [0.05, 0.1) is 25.1 Å². The van der Waals surface area contributed by atoms with Gasteiger partial charge in [-0.05, 0) is 35.4 Å². The molecule has 32 heavy (non-hydrogen) atoms. The summed E-state index contributed by atoms with van der Waals surface area (Å²) in [7, 11) is 2.96. The largest absolute Gasteiger partial charge is 0.493 e. The molecular formula is C22H21N3O7. The first-order valence-electron chi connectivity index (χ1n) is 9.82. The number of aromatic amines is 1. The summed E-state index contributed by atoms with van der Waals surface area (Å²) in [6.07, 6.45) is 0.0553. The lowest BCUT2D eigenvalue weighted by Gasteiger charge is -2.35. The van der Waals surface area contributed by atoms with E-state index in [4.69, 9.17) is 9.47 Å². The number of aromatic nitrogens is 2. The molecule has 1 atom stereocenters. The number of benzene rings is 2. The molecule has 0 saturated carbocycles. The number of nitrogens with zero attached hydrogens (tertiary/aromatic N) is 2. The first-order chi connectivity index (χ1) is 15.3. The highest BCUT2D eigenvalue weighted by Gasteiger charge is 2.35. The van der Waals surface area contributed by atoms with E-state index in [0.717, 1.165) is 15.0 Å². The van der Waals surface area contributed by atoms with E-state index in [-0.39, 0.29) is 18.4 Å². The number of ether oxygens (including phenoxy) is 2. The molecule has 2 N–H and O–H groups in total. The standard InChI is InChI=1S/C22H21N3O7/c1-31-17-8-12-7-16(21(28)29)24(10-13(12)9-18(17)32-2)19(26)11-25-20(27)14-5-3-4-6-15(14)23-22(25)30/h3-6,8-9,16H,7,10-11H2,1-2H3,(H,23,30)(H,28,29)/t16-/m1/s1. The zero-order chi connectivity index (χ0) is 23.0. The third kappa shape index (κ3) is 3.59. The lowest BCUT2D eigenvalue weighted by atomic mass is 9.93. The molecule has 10 nitrogen and oxygen atoms in total. The molecule has 0 saturated heterocycles. The van der Waals surface area contributed by atoms with E-state index in [2.05, 4.69) is 4.98 Å². The Labute approximate surface area is 181 Å². The normalized spacial score (nSPS) is 15.3. The molecule has 0 radical (unpaired) electrons. The Balaban J connectivity index is 1.70. The Morgan fingerprint density at radius 3 is 2.41 bits per heavy atom. The van der Waals surface area contributed by atoms with E-state index < -0.39 is 35.7 Å². The molecule has 2 heterocycles. The van der Waals surface area contributed by atoms with Crippen molar-refractivity contribution in [2.75, 3.05) is 14.2 Å². The summed E-state index contributed by atoms with van der Waals surface area (Å²) in [6, 6.07) is 8.71. The van der Waals surface area contributed by atoms with Gasteiger partial charge in [-0.3, -0.25) is 14.2 Å².